The first-order valence-corrected chi connectivity index (χ1v) is 9.29. The Morgan fingerprint density at radius 3 is 2.36 bits per heavy atom. The first-order chi connectivity index (χ1) is 13.2. The summed E-state index contributed by atoms with van der Waals surface area (Å²) in [6.45, 7) is 5.95. The van der Waals surface area contributed by atoms with Crippen LogP contribution in [0.2, 0.25) is 0 Å². The summed E-state index contributed by atoms with van der Waals surface area (Å²) in [4.78, 5) is 3.42. The minimum Gasteiger partial charge on any atom is -0.492 e. The molecule has 2 aromatic heterocycles. The van der Waals surface area contributed by atoms with Crippen LogP contribution in [0.4, 0.5) is 13.2 Å². The Kier molecular flexibility index (Phi) is 5.64. The van der Waals surface area contributed by atoms with Gasteiger partial charge in [-0.2, -0.15) is 18.2 Å². The van der Waals surface area contributed by atoms with Gasteiger partial charge in [-0.25, -0.2) is 0 Å². The molecule has 2 heterocycles. The van der Waals surface area contributed by atoms with E-state index in [2.05, 4.69) is 24.9 Å². The lowest BCUT2D eigenvalue weighted by Crippen LogP contribution is -2.05. The first-order valence-electron chi connectivity index (χ1n) is 8.31. The minimum absolute atomic E-state index is 0.113. The first kappa shape index (κ1) is 20.2. The van der Waals surface area contributed by atoms with Crippen molar-refractivity contribution in [1.82, 2.24) is 24.9 Å². The van der Waals surface area contributed by atoms with Crippen LogP contribution in [0.25, 0.3) is 11.4 Å². The van der Waals surface area contributed by atoms with Crippen molar-refractivity contribution in [1.29, 1.82) is 0 Å². The van der Waals surface area contributed by atoms with Crippen LogP contribution >= 0.6 is 11.8 Å². The summed E-state index contributed by atoms with van der Waals surface area (Å²) in [5.41, 5.74) is 1.98. The lowest BCUT2D eigenvalue weighted by molar-refractivity contribution is -0.159. The molecule has 0 aliphatic rings. The third-order valence-electron chi connectivity index (χ3n) is 4.00. The fourth-order valence-electron chi connectivity index (χ4n) is 2.55. The van der Waals surface area contributed by atoms with Crippen LogP contribution < -0.4 is 4.74 Å². The molecule has 0 unspecified atom stereocenters. The average molecular weight is 413 g/mol. The molecule has 0 N–H and O–H groups in total. The highest BCUT2D eigenvalue weighted by molar-refractivity contribution is 7.99. The number of hydrogen-bond donors (Lipinski definition) is 0. The molecule has 0 radical (unpaired) electrons. The number of alkyl halides is 3. The molecule has 0 fully saturated rings. The van der Waals surface area contributed by atoms with Crippen LogP contribution in [0, 0.1) is 20.8 Å². The average Bonchev–Trinajstić information content (AvgIpc) is 3.22. The van der Waals surface area contributed by atoms with Gasteiger partial charge in [0.25, 0.3) is 0 Å². The second-order valence-electron chi connectivity index (χ2n) is 6.15. The van der Waals surface area contributed by atoms with Gasteiger partial charge >= 0.3 is 12.1 Å². The summed E-state index contributed by atoms with van der Waals surface area (Å²) in [5, 5.41) is 12.3. The summed E-state index contributed by atoms with van der Waals surface area (Å²) in [6, 6.07) is 3.35. The van der Waals surface area contributed by atoms with Crippen molar-refractivity contribution in [3.63, 3.8) is 0 Å². The van der Waals surface area contributed by atoms with E-state index in [1.165, 1.54) is 11.8 Å². The Morgan fingerprint density at radius 1 is 1.14 bits per heavy atom. The molecule has 3 rings (SSSR count). The molecular formula is C17H18F3N5O2S. The third kappa shape index (κ3) is 4.29. The van der Waals surface area contributed by atoms with E-state index in [1.54, 1.807) is 12.1 Å². The quantitative estimate of drug-likeness (QED) is 0.447. The maximum absolute atomic E-state index is 12.6. The number of hydrogen-bond acceptors (Lipinski definition) is 7. The zero-order chi connectivity index (χ0) is 20.5. The van der Waals surface area contributed by atoms with Crippen molar-refractivity contribution >= 4 is 11.8 Å². The molecule has 0 spiro atoms. The highest BCUT2D eigenvalue weighted by Crippen LogP contribution is 2.32. The van der Waals surface area contributed by atoms with Crippen LogP contribution in [-0.2, 0) is 13.2 Å². The fraction of sp³-hybridized carbons (Fsp3) is 0.412. The number of nitrogens with zero attached hydrogens (tertiary/aromatic N) is 5. The predicted molar refractivity (Wildman–Crippen MR) is 96.2 cm³/mol. The van der Waals surface area contributed by atoms with Gasteiger partial charge in [-0.15, -0.1) is 10.2 Å². The zero-order valence-electron chi connectivity index (χ0n) is 15.7. The monoisotopic (exact) mass is 413 g/mol. The molecule has 0 aliphatic carbocycles. The van der Waals surface area contributed by atoms with E-state index in [0.29, 0.717) is 23.7 Å². The number of halogens is 3. The Morgan fingerprint density at radius 2 is 1.82 bits per heavy atom. The maximum Gasteiger partial charge on any atom is 0.471 e. The van der Waals surface area contributed by atoms with Crippen molar-refractivity contribution < 1.29 is 22.4 Å². The summed E-state index contributed by atoms with van der Waals surface area (Å²) in [5.74, 6) is 0.707. The molecule has 150 valence electrons. The van der Waals surface area contributed by atoms with Gasteiger partial charge in [0.15, 0.2) is 5.16 Å². The fourth-order valence-corrected chi connectivity index (χ4v) is 3.33. The normalized spacial score (nSPS) is 11.8. The Hall–Kier alpha value is -2.56. The highest BCUT2D eigenvalue weighted by atomic mass is 32.2. The number of benzene rings is 1. The smallest absolute Gasteiger partial charge is 0.471 e. The van der Waals surface area contributed by atoms with Crippen molar-refractivity contribution in [2.75, 3.05) is 12.4 Å². The second-order valence-corrected chi connectivity index (χ2v) is 7.21. The summed E-state index contributed by atoms with van der Waals surface area (Å²) in [7, 11) is 1.90. The number of rotatable bonds is 6. The number of ether oxygens (including phenoxy) is 1. The number of aromatic nitrogens is 5. The predicted octanol–water partition coefficient (Wildman–Crippen LogP) is 3.98. The van der Waals surface area contributed by atoms with E-state index in [-0.39, 0.29) is 5.82 Å². The van der Waals surface area contributed by atoms with Gasteiger partial charge in [0, 0.05) is 18.4 Å². The van der Waals surface area contributed by atoms with Gasteiger partial charge in [0.05, 0.1) is 6.61 Å². The summed E-state index contributed by atoms with van der Waals surface area (Å²) in [6.07, 6.45) is -4.67. The largest absolute Gasteiger partial charge is 0.492 e. The van der Waals surface area contributed by atoms with Gasteiger partial charge in [0.2, 0.25) is 5.82 Å². The second kappa shape index (κ2) is 7.82. The van der Waals surface area contributed by atoms with Gasteiger partial charge in [-0.05, 0) is 44.0 Å². The van der Waals surface area contributed by atoms with E-state index in [0.717, 1.165) is 22.1 Å². The third-order valence-corrected chi connectivity index (χ3v) is 4.99. The topological polar surface area (TPSA) is 78.9 Å². The Bertz CT molecular complexity index is 961. The van der Waals surface area contributed by atoms with E-state index < -0.39 is 12.1 Å². The van der Waals surface area contributed by atoms with Crippen LogP contribution in [0.5, 0.6) is 5.75 Å². The summed E-state index contributed by atoms with van der Waals surface area (Å²) < 4.78 is 50.0. The maximum atomic E-state index is 12.6. The summed E-state index contributed by atoms with van der Waals surface area (Å²) >= 11 is 1.53. The van der Waals surface area contributed by atoms with Gasteiger partial charge in [-0.1, -0.05) is 16.9 Å². The molecule has 0 amide bonds. The van der Waals surface area contributed by atoms with Gasteiger partial charge < -0.3 is 13.8 Å². The van der Waals surface area contributed by atoms with Crippen molar-refractivity contribution in [3.05, 3.63) is 35.0 Å². The van der Waals surface area contributed by atoms with Gasteiger partial charge in [0.1, 0.15) is 11.6 Å². The molecule has 28 heavy (non-hydrogen) atoms. The molecule has 11 heteroatoms. The van der Waals surface area contributed by atoms with Crippen LogP contribution in [0.3, 0.4) is 0 Å². The van der Waals surface area contributed by atoms with E-state index in [4.69, 9.17) is 4.74 Å². The molecule has 0 atom stereocenters. The Balaban J connectivity index is 1.66. The zero-order valence-corrected chi connectivity index (χ0v) is 16.5. The molecule has 0 bridgehead atoms. The van der Waals surface area contributed by atoms with E-state index >= 15 is 0 Å². The van der Waals surface area contributed by atoms with Crippen molar-refractivity contribution in [3.8, 4) is 17.1 Å². The molecule has 1 aromatic carbocycles. The lowest BCUT2D eigenvalue weighted by atomic mass is 10.1. The van der Waals surface area contributed by atoms with E-state index in [1.807, 2.05) is 32.4 Å². The molecule has 0 saturated heterocycles. The van der Waals surface area contributed by atoms with Crippen LogP contribution in [-0.4, -0.2) is 37.3 Å². The molecule has 0 saturated carbocycles. The van der Waals surface area contributed by atoms with Crippen molar-refractivity contribution in [2.45, 2.75) is 32.1 Å². The van der Waals surface area contributed by atoms with Crippen LogP contribution in [0.15, 0.2) is 21.8 Å². The number of aryl methyl sites for hydroxylation is 3. The Labute approximate surface area is 163 Å². The lowest BCUT2D eigenvalue weighted by Gasteiger charge is -2.13. The highest BCUT2D eigenvalue weighted by Gasteiger charge is 2.38. The minimum atomic E-state index is -4.67. The standard InChI is InChI=1S/C17H18F3N5O2S/c1-9-7-12(14-21-15(27-24-14)17(18,19)20)8-10(2)13(9)26-5-6-28-16-23-22-11(3)25(16)4/h7-8H,5-6H2,1-4H3. The molecule has 3 aromatic rings. The molecule has 7 nitrogen and oxygen atoms in total. The van der Waals surface area contributed by atoms with Crippen molar-refractivity contribution in [2.24, 2.45) is 7.05 Å². The molecule has 0 aliphatic heterocycles. The SMILES string of the molecule is Cc1cc(-c2noc(C(F)(F)F)n2)cc(C)c1OCCSc1nnc(C)n1C. The van der Waals surface area contributed by atoms with E-state index in [9.17, 15) is 13.2 Å². The molecular weight excluding hydrogens is 395 g/mol. The van der Waals surface area contributed by atoms with Crippen LogP contribution in [0.1, 0.15) is 22.8 Å². The van der Waals surface area contributed by atoms with Gasteiger partial charge in [-0.3, -0.25) is 0 Å². The number of thioether (sulfide) groups is 1.